The maximum absolute atomic E-state index is 11.4. The Hall–Kier alpha value is -0.630. The van der Waals surface area contributed by atoms with Crippen LogP contribution in [0.2, 0.25) is 5.02 Å². The molecule has 0 unspecified atom stereocenters. The highest BCUT2D eigenvalue weighted by Crippen LogP contribution is 2.20. The quantitative estimate of drug-likeness (QED) is 0.740. The Bertz CT molecular complexity index is 499. The number of halogens is 1. The number of amides is 1. The predicted octanol–water partition coefficient (Wildman–Crippen LogP) is 1.13. The summed E-state index contributed by atoms with van der Waals surface area (Å²) < 4.78 is 21.3. The normalized spacial score (nSPS) is 11.4. The number of primary sulfonamides is 1. The van der Waals surface area contributed by atoms with Gasteiger partial charge in [-0.25, -0.2) is 13.6 Å². The molecule has 0 spiro atoms. The van der Waals surface area contributed by atoms with Gasteiger partial charge < -0.3 is 5.32 Å². The highest BCUT2D eigenvalue weighted by molar-refractivity contribution is 7.89. The topological polar surface area (TPSA) is 89.3 Å². The molecule has 0 fully saturated rings. The van der Waals surface area contributed by atoms with E-state index in [1.165, 1.54) is 11.3 Å². The van der Waals surface area contributed by atoms with E-state index in [4.69, 9.17) is 16.7 Å². The number of hydrogen-bond acceptors (Lipinski definition) is 4. The van der Waals surface area contributed by atoms with Gasteiger partial charge >= 0.3 is 0 Å². The molecule has 0 aliphatic rings. The van der Waals surface area contributed by atoms with Crippen molar-refractivity contribution in [2.24, 2.45) is 5.14 Å². The summed E-state index contributed by atoms with van der Waals surface area (Å²) in [6.07, 6.45) is 1.33. The smallest absolute Gasteiger partial charge is 0.220 e. The molecule has 8 heteroatoms. The number of hydrogen-bond donors (Lipinski definition) is 2. The van der Waals surface area contributed by atoms with Crippen LogP contribution in [0.3, 0.4) is 0 Å². The standard InChI is InChI=1S/C10H15ClN2O3S2/c11-8-6-9(17-7-8)2-3-10(14)13-4-1-5-18(12,15)16/h6-7H,1-5H2,(H,13,14)(H2,12,15,16). The lowest BCUT2D eigenvalue weighted by molar-refractivity contribution is -0.121. The zero-order valence-corrected chi connectivity index (χ0v) is 12.1. The van der Waals surface area contributed by atoms with Gasteiger partial charge in [-0.05, 0) is 18.9 Å². The number of carbonyl (C=O) groups excluding carboxylic acids is 1. The van der Waals surface area contributed by atoms with Crippen LogP contribution in [0, 0.1) is 0 Å². The van der Waals surface area contributed by atoms with E-state index in [1.807, 2.05) is 11.4 Å². The van der Waals surface area contributed by atoms with Gasteiger partial charge in [0, 0.05) is 23.2 Å². The van der Waals surface area contributed by atoms with Gasteiger partial charge in [-0.15, -0.1) is 11.3 Å². The fourth-order valence-electron chi connectivity index (χ4n) is 1.31. The van der Waals surface area contributed by atoms with Crippen LogP contribution in [0.15, 0.2) is 11.4 Å². The molecule has 102 valence electrons. The Labute approximate surface area is 115 Å². The molecule has 18 heavy (non-hydrogen) atoms. The molecule has 0 saturated carbocycles. The first-order chi connectivity index (χ1) is 8.37. The van der Waals surface area contributed by atoms with Crippen LogP contribution in [-0.2, 0) is 21.2 Å². The summed E-state index contributed by atoms with van der Waals surface area (Å²) in [5.74, 6) is -0.220. The summed E-state index contributed by atoms with van der Waals surface area (Å²) in [5.41, 5.74) is 0. The molecule has 0 saturated heterocycles. The fraction of sp³-hybridized carbons (Fsp3) is 0.500. The van der Waals surface area contributed by atoms with Crippen LogP contribution in [0.4, 0.5) is 0 Å². The van der Waals surface area contributed by atoms with Gasteiger partial charge in [-0.3, -0.25) is 4.79 Å². The molecule has 1 aromatic rings. The Morgan fingerprint density at radius 1 is 1.50 bits per heavy atom. The summed E-state index contributed by atoms with van der Waals surface area (Å²) in [5, 5.41) is 9.99. The number of nitrogens with two attached hydrogens (primary N) is 1. The van der Waals surface area contributed by atoms with Crippen molar-refractivity contribution in [2.45, 2.75) is 19.3 Å². The van der Waals surface area contributed by atoms with Gasteiger partial charge in [0.25, 0.3) is 0 Å². The Balaban J connectivity index is 2.14. The van der Waals surface area contributed by atoms with Crippen LogP contribution in [0.5, 0.6) is 0 Å². The van der Waals surface area contributed by atoms with E-state index >= 15 is 0 Å². The molecule has 1 aromatic heterocycles. The number of aryl methyl sites for hydroxylation is 1. The lowest BCUT2D eigenvalue weighted by atomic mass is 10.2. The SMILES string of the molecule is NS(=O)(=O)CCCNC(=O)CCc1cc(Cl)cs1. The largest absolute Gasteiger partial charge is 0.356 e. The van der Waals surface area contributed by atoms with Gasteiger partial charge in [-0.1, -0.05) is 11.6 Å². The molecule has 1 heterocycles. The minimum absolute atomic E-state index is 0.103. The van der Waals surface area contributed by atoms with Crippen LogP contribution in [0.1, 0.15) is 17.7 Å². The second-order valence-corrected chi connectivity index (χ2v) is 6.97. The molecular formula is C10H15ClN2O3S2. The number of carbonyl (C=O) groups is 1. The maximum atomic E-state index is 11.4. The van der Waals surface area contributed by atoms with Gasteiger partial charge in [-0.2, -0.15) is 0 Å². The van der Waals surface area contributed by atoms with Crippen molar-refractivity contribution in [1.82, 2.24) is 5.32 Å². The third-order valence-electron chi connectivity index (χ3n) is 2.15. The van der Waals surface area contributed by atoms with Crippen molar-refractivity contribution in [3.8, 4) is 0 Å². The average Bonchev–Trinajstić information content (AvgIpc) is 2.66. The Kier molecular flexibility index (Phi) is 6.07. The Morgan fingerprint density at radius 2 is 2.22 bits per heavy atom. The van der Waals surface area contributed by atoms with Gasteiger partial charge in [0.1, 0.15) is 0 Å². The van der Waals surface area contributed by atoms with Gasteiger partial charge in [0.05, 0.1) is 10.8 Å². The number of rotatable bonds is 7. The second-order valence-electron chi connectivity index (χ2n) is 3.80. The minimum Gasteiger partial charge on any atom is -0.356 e. The monoisotopic (exact) mass is 310 g/mol. The van der Waals surface area contributed by atoms with Crippen molar-refractivity contribution in [2.75, 3.05) is 12.3 Å². The van der Waals surface area contributed by atoms with E-state index in [0.29, 0.717) is 30.8 Å². The van der Waals surface area contributed by atoms with Gasteiger partial charge in [0.2, 0.25) is 15.9 Å². The predicted molar refractivity (Wildman–Crippen MR) is 73.3 cm³/mol. The van der Waals surface area contributed by atoms with Crippen molar-refractivity contribution < 1.29 is 13.2 Å². The molecule has 0 aliphatic carbocycles. The first-order valence-corrected chi connectivity index (χ1v) is 8.34. The second kappa shape index (κ2) is 7.08. The zero-order chi connectivity index (χ0) is 13.6. The molecule has 0 atom stereocenters. The van der Waals surface area contributed by atoms with E-state index in [1.54, 1.807) is 0 Å². The molecule has 1 rings (SSSR count). The van der Waals surface area contributed by atoms with Gasteiger partial charge in [0.15, 0.2) is 0 Å². The molecule has 3 N–H and O–H groups in total. The summed E-state index contributed by atoms with van der Waals surface area (Å²) in [6.45, 7) is 0.320. The summed E-state index contributed by atoms with van der Waals surface area (Å²) in [6, 6.07) is 1.83. The number of sulfonamides is 1. The fourth-order valence-corrected chi connectivity index (χ4v) is 2.93. The minimum atomic E-state index is -3.44. The third kappa shape index (κ3) is 6.95. The van der Waals surface area contributed by atoms with Crippen LogP contribution in [-0.4, -0.2) is 26.6 Å². The molecular weight excluding hydrogens is 296 g/mol. The van der Waals surface area contributed by atoms with Crippen molar-refractivity contribution in [3.05, 3.63) is 21.3 Å². The van der Waals surface area contributed by atoms with Crippen molar-refractivity contribution in [1.29, 1.82) is 0 Å². The molecule has 0 aliphatic heterocycles. The summed E-state index contributed by atoms with van der Waals surface area (Å²) in [4.78, 5) is 12.5. The molecule has 5 nitrogen and oxygen atoms in total. The van der Waals surface area contributed by atoms with E-state index < -0.39 is 10.0 Å². The number of nitrogens with one attached hydrogen (secondary N) is 1. The molecule has 0 bridgehead atoms. The summed E-state index contributed by atoms with van der Waals surface area (Å²) in [7, 11) is -3.44. The molecule has 1 amide bonds. The lowest BCUT2D eigenvalue weighted by Crippen LogP contribution is -2.27. The maximum Gasteiger partial charge on any atom is 0.220 e. The zero-order valence-electron chi connectivity index (χ0n) is 9.69. The van der Waals surface area contributed by atoms with Crippen LogP contribution in [0.25, 0.3) is 0 Å². The van der Waals surface area contributed by atoms with Crippen molar-refractivity contribution in [3.63, 3.8) is 0 Å². The summed E-state index contributed by atoms with van der Waals surface area (Å²) >= 11 is 7.28. The third-order valence-corrected chi connectivity index (χ3v) is 4.35. The average molecular weight is 311 g/mol. The van der Waals surface area contributed by atoms with E-state index in [9.17, 15) is 13.2 Å². The lowest BCUT2D eigenvalue weighted by Gasteiger charge is -2.03. The molecule has 0 radical (unpaired) electrons. The molecule has 0 aromatic carbocycles. The van der Waals surface area contributed by atoms with Crippen LogP contribution >= 0.6 is 22.9 Å². The highest BCUT2D eigenvalue weighted by atomic mass is 35.5. The first kappa shape index (κ1) is 15.4. The van der Waals surface area contributed by atoms with Crippen molar-refractivity contribution >= 4 is 38.9 Å². The Morgan fingerprint density at radius 3 is 2.78 bits per heavy atom. The van der Waals surface area contributed by atoms with E-state index in [-0.39, 0.29) is 11.7 Å². The first-order valence-electron chi connectivity index (χ1n) is 5.37. The number of thiophene rings is 1. The highest BCUT2D eigenvalue weighted by Gasteiger charge is 2.05. The van der Waals surface area contributed by atoms with Crippen LogP contribution < -0.4 is 10.5 Å². The van der Waals surface area contributed by atoms with E-state index in [0.717, 1.165) is 4.88 Å². The van der Waals surface area contributed by atoms with E-state index in [2.05, 4.69) is 5.32 Å².